The SMILES string of the molecule is COCC(C)N(C)C(C)CC(C)O. The Bertz CT molecular complexity index is 128. The minimum Gasteiger partial charge on any atom is -0.393 e. The highest BCUT2D eigenvalue weighted by Gasteiger charge is 2.16. The molecule has 3 heteroatoms. The molecule has 0 saturated carbocycles. The van der Waals surface area contributed by atoms with Crippen molar-refractivity contribution in [1.82, 2.24) is 4.90 Å². The molecule has 0 saturated heterocycles. The van der Waals surface area contributed by atoms with Crippen LogP contribution < -0.4 is 0 Å². The van der Waals surface area contributed by atoms with E-state index in [4.69, 9.17) is 4.74 Å². The topological polar surface area (TPSA) is 32.7 Å². The van der Waals surface area contributed by atoms with Crippen LogP contribution in [-0.4, -0.2) is 49.0 Å². The van der Waals surface area contributed by atoms with E-state index in [0.717, 1.165) is 13.0 Å². The summed E-state index contributed by atoms with van der Waals surface area (Å²) in [5, 5.41) is 9.23. The normalized spacial score (nSPS) is 18.7. The molecule has 0 rings (SSSR count). The van der Waals surface area contributed by atoms with Crippen LogP contribution in [0.1, 0.15) is 27.2 Å². The monoisotopic (exact) mass is 189 g/mol. The highest BCUT2D eigenvalue weighted by molar-refractivity contribution is 4.71. The Hall–Kier alpha value is -0.120. The number of ether oxygens (including phenoxy) is 1. The third-order valence-electron chi connectivity index (χ3n) is 2.48. The van der Waals surface area contributed by atoms with E-state index in [0.29, 0.717) is 12.1 Å². The standard InChI is InChI=1S/C10H23NO2/c1-8(6-10(3)12)11(4)9(2)7-13-5/h8-10,12H,6-7H2,1-5H3. The summed E-state index contributed by atoms with van der Waals surface area (Å²) in [5.74, 6) is 0. The molecule has 0 fully saturated rings. The lowest BCUT2D eigenvalue weighted by Crippen LogP contribution is -2.40. The molecule has 0 heterocycles. The first-order chi connectivity index (χ1) is 5.99. The van der Waals surface area contributed by atoms with E-state index in [1.165, 1.54) is 0 Å². The highest BCUT2D eigenvalue weighted by atomic mass is 16.5. The summed E-state index contributed by atoms with van der Waals surface area (Å²) in [6.45, 7) is 6.81. The fourth-order valence-corrected chi connectivity index (χ4v) is 1.45. The number of hydrogen-bond donors (Lipinski definition) is 1. The van der Waals surface area contributed by atoms with Crippen molar-refractivity contribution >= 4 is 0 Å². The smallest absolute Gasteiger partial charge is 0.0615 e. The second kappa shape index (κ2) is 6.35. The molecule has 0 aliphatic carbocycles. The molecule has 0 amide bonds. The molecule has 3 atom stereocenters. The minimum absolute atomic E-state index is 0.229. The van der Waals surface area contributed by atoms with Gasteiger partial charge in [-0.25, -0.2) is 0 Å². The molecular formula is C10H23NO2. The van der Waals surface area contributed by atoms with Crippen molar-refractivity contribution in [1.29, 1.82) is 0 Å². The molecule has 3 nitrogen and oxygen atoms in total. The first-order valence-corrected chi connectivity index (χ1v) is 4.88. The lowest BCUT2D eigenvalue weighted by Gasteiger charge is -2.31. The molecule has 0 bridgehead atoms. The quantitative estimate of drug-likeness (QED) is 0.679. The van der Waals surface area contributed by atoms with Gasteiger partial charge in [0.05, 0.1) is 12.7 Å². The number of nitrogens with zero attached hydrogens (tertiary/aromatic N) is 1. The Kier molecular flexibility index (Phi) is 6.29. The maximum atomic E-state index is 9.23. The van der Waals surface area contributed by atoms with E-state index in [-0.39, 0.29) is 6.10 Å². The summed E-state index contributed by atoms with van der Waals surface area (Å²) in [7, 11) is 3.78. The van der Waals surface area contributed by atoms with Crippen molar-refractivity contribution in [3.05, 3.63) is 0 Å². The van der Waals surface area contributed by atoms with Gasteiger partial charge in [0.25, 0.3) is 0 Å². The first kappa shape index (κ1) is 12.9. The fraction of sp³-hybridized carbons (Fsp3) is 1.00. The van der Waals surface area contributed by atoms with Crippen LogP contribution in [0.3, 0.4) is 0 Å². The van der Waals surface area contributed by atoms with E-state index in [1.54, 1.807) is 7.11 Å². The van der Waals surface area contributed by atoms with Crippen molar-refractivity contribution in [3.63, 3.8) is 0 Å². The summed E-state index contributed by atoms with van der Waals surface area (Å²) in [5.41, 5.74) is 0. The van der Waals surface area contributed by atoms with Gasteiger partial charge in [-0.15, -0.1) is 0 Å². The molecular weight excluding hydrogens is 166 g/mol. The predicted molar refractivity (Wildman–Crippen MR) is 54.9 cm³/mol. The van der Waals surface area contributed by atoms with Crippen LogP contribution in [0.4, 0.5) is 0 Å². The molecule has 1 N–H and O–H groups in total. The Morgan fingerprint density at radius 2 is 1.77 bits per heavy atom. The lowest BCUT2D eigenvalue weighted by atomic mass is 10.1. The van der Waals surface area contributed by atoms with Gasteiger partial charge in [0, 0.05) is 19.2 Å². The minimum atomic E-state index is -0.229. The number of aliphatic hydroxyl groups is 1. The third-order valence-corrected chi connectivity index (χ3v) is 2.48. The van der Waals surface area contributed by atoms with Crippen LogP contribution >= 0.6 is 0 Å². The molecule has 3 unspecified atom stereocenters. The Morgan fingerprint density at radius 1 is 1.23 bits per heavy atom. The summed E-state index contributed by atoms with van der Waals surface area (Å²) in [6.07, 6.45) is 0.581. The summed E-state index contributed by atoms with van der Waals surface area (Å²) < 4.78 is 5.08. The van der Waals surface area contributed by atoms with Crippen LogP contribution in [0.2, 0.25) is 0 Å². The second-order valence-electron chi connectivity index (χ2n) is 3.90. The molecule has 0 aromatic rings. The van der Waals surface area contributed by atoms with Crippen LogP contribution in [0, 0.1) is 0 Å². The van der Waals surface area contributed by atoms with Crippen LogP contribution in [0.25, 0.3) is 0 Å². The zero-order valence-corrected chi connectivity index (χ0v) is 9.45. The largest absolute Gasteiger partial charge is 0.393 e. The molecule has 0 aliphatic rings. The van der Waals surface area contributed by atoms with Gasteiger partial charge in [0.15, 0.2) is 0 Å². The maximum absolute atomic E-state index is 9.23. The van der Waals surface area contributed by atoms with E-state index in [9.17, 15) is 5.11 Å². The van der Waals surface area contributed by atoms with Gasteiger partial charge in [-0.1, -0.05) is 0 Å². The average molecular weight is 189 g/mol. The molecule has 0 radical (unpaired) electrons. The Balaban J connectivity index is 3.85. The highest BCUT2D eigenvalue weighted by Crippen LogP contribution is 2.08. The van der Waals surface area contributed by atoms with E-state index < -0.39 is 0 Å². The van der Waals surface area contributed by atoms with Crippen molar-refractivity contribution in [2.75, 3.05) is 20.8 Å². The van der Waals surface area contributed by atoms with Gasteiger partial charge < -0.3 is 9.84 Å². The van der Waals surface area contributed by atoms with Crippen molar-refractivity contribution in [3.8, 4) is 0 Å². The van der Waals surface area contributed by atoms with Crippen LogP contribution in [0.5, 0.6) is 0 Å². The lowest BCUT2D eigenvalue weighted by molar-refractivity contribution is 0.0709. The molecule has 80 valence electrons. The van der Waals surface area contributed by atoms with Crippen molar-refractivity contribution in [2.45, 2.75) is 45.4 Å². The summed E-state index contributed by atoms with van der Waals surface area (Å²) in [4.78, 5) is 2.23. The Morgan fingerprint density at radius 3 is 2.15 bits per heavy atom. The molecule has 0 aromatic heterocycles. The van der Waals surface area contributed by atoms with E-state index in [2.05, 4.69) is 25.8 Å². The van der Waals surface area contributed by atoms with Gasteiger partial charge in [-0.2, -0.15) is 0 Å². The third kappa shape index (κ3) is 5.24. The zero-order chi connectivity index (χ0) is 10.4. The molecule has 0 aromatic carbocycles. The number of aliphatic hydroxyl groups excluding tert-OH is 1. The van der Waals surface area contributed by atoms with Crippen molar-refractivity contribution in [2.24, 2.45) is 0 Å². The fourth-order valence-electron chi connectivity index (χ4n) is 1.45. The summed E-state index contributed by atoms with van der Waals surface area (Å²) >= 11 is 0. The molecule has 13 heavy (non-hydrogen) atoms. The number of methoxy groups -OCH3 is 1. The van der Waals surface area contributed by atoms with E-state index >= 15 is 0 Å². The van der Waals surface area contributed by atoms with Gasteiger partial charge in [-0.3, -0.25) is 4.90 Å². The summed E-state index contributed by atoms with van der Waals surface area (Å²) in [6, 6.07) is 0.795. The number of likely N-dealkylation sites (N-methyl/N-ethyl adjacent to an activating group) is 1. The maximum Gasteiger partial charge on any atom is 0.0615 e. The van der Waals surface area contributed by atoms with E-state index in [1.807, 2.05) is 6.92 Å². The molecule has 0 spiro atoms. The first-order valence-electron chi connectivity index (χ1n) is 4.88. The Labute approximate surface area is 81.7 Å². The molecule has 0 aliphatic heterocycles. The van der Waals surface area contributed by atoms with Crippen LogP contribution in [-0.2, 0) is 4.74 Å². The van der Waals surface area contributed by atoms with Gasteiger partial charge >= 0.3 is 0 Å². The van der Waals surface area contributed by atoms with Crippen LogP contribution in [0.15, 0.2) is 0 Å². The predicted octanol–water partition coefficient (Wildman–Crippen LogP) is 1.11. The van der Waals surface area contributed by atoms with Crippen molar-refractivity contribution < 1.29 is 9.84 Å². The van der Waals surface area contributed by atoms with Gasteiger partial charge in [0.1, 0.15) is 0 Å². The van der Waals surface area contributed by atoms with Gasteiger partial charge in [0.2, 0.25) is 0 Å². The average Bonchev–Trinajstić information content (AvgIpc) is 2.02. The number of rotatable bonds is 6. The number of hydrogen-bond acceptors (Lipinski definition) is 3. The zero-order valence-electron chi connectivity index (χ0n) is 9.45. The second-order valence-corrected chi connectivity index (χ2v) is 3.90. The van der Waals surface area contributed by atoms with Gasteiger partial charge in [-0.05, 0) is 34.2 Å².